The van der Waals surface area contributed by atoms with E-state index >= 15 is 0 Å². The van der Waals surface area contributed by atoms with Crippen LogP contribution in [0.4, 0.5) is 0 Å². The van der Waals surface area contributed by atoms with Crippen molar-refractivity contribution in [2.45, 2.75) is 33.1 Å². The fourth-order valence-electron chi connectivity index (χ4n) is 3.57. The molecule has 0 spiro atoms. The molecule has 3 aromatic carbocycles. The van der Waals surface area contributed by atoms with Gasteiger partial charge in [0.1, 0.15) is 0 Å². The Balaban J connectivity index is 2.19. The average Bonchev–Trinajstić information content (AvgIpc) is 2.88. The van der Waals surface area contributed by atoms with E-state index < -0.39 is 0 Å². The van der Waals surface area contributed by atoms with Gasteiger partial charge in [0.2, 0.25) is 0 Å². The topological polar surface area (TPSA) is 37.4 Å². The number of rotatable bonds is 10. The van der Waals surface area contributed by atoms with E-state index in [0.717, 1.165) is 35.2 Å². The zero-order chi connectivity index (χ0) is 23.5. The molecule has 0 atom stereocenters. The van der Waals surface area contributed by atoms with Crippen molar-refractivity contribution in [2.75, 3.05) is 6.54 Å². The number of carbonyl (C=O) groups excluding carboxylic acids is 2. The molecule has 168 valence electrons. The highest BCUT2D eigenvalue weighted by Gasteiger charge is 2.21. The Kier molecular flexibility index (Phi) is 8.96. The summed E-state index contributed by atoms with van der Waals surface area (Å²) in [5.41, 5.74) is 4.10. The molecule has 0 radical (unpaired) electrons. The predicted octanol–water partition coefficient (Wildman–Crippen LogP) is 7.03. The normalized spacial score (nSPS) is 11.8. The number of hydrogen-bond donors (Lipinski definition) is 0. The standard InChI is InChI=1S/C30H31NO2/c1-3-5-21-31(30(33)26-19-13-8-14-20-26)29(25-17-11-7-12-18-25)23-27(22-28(32)4-2)24-15-9-6-10-16-24/h6-20,22-23H,3-5,21H2,1-2H3. The van der Waals surface area contributed by atoms with Crippen molar-refractivity contribution in [2.24, 2.45) is 0 Å². The number of carbonyl (C=O) groups is 2. The first-order chi connectivity index (χ1) is 16.1. The van der Waals surface area contributed by atoms with Crippen LogP contribution in [-0.2, 0) is 4.79 Å². The molecule has 3 aromatic rings. The Morgan fingerprint density at radius 1 is 0.697 bits per heavy atom. The van der Waals surface area contributed by atoms with Crippen LogP contribution in [0.25, 0.3) is 11.3 Å². The van der Waals surface area contributed by atoms with Crippen molar-refractivity contribution < 1.29 is 9.59 Å². The third kappa shape index (κ3) is 6.63. The Bertz CT molecular complexity index is 1100. The molecule has 3 heteroatoms. The van der Waals surface area contributed by atoms with E-state index in [-0.39, 0.29) is 11.7 Å². The van der Waals surface area contributed by atoms with Gasteiger partial charge in [0.05, 0.1) is 5.70 Å². The second kappa shape index (κ2) is 12.4. The van der Waals surface area contributed by atoms with Crippen LogP contribution in [0.5, 0.6) is 0 Å². The van der Waals surface area contributed by atoms with Crippen molar-refractivity contribution in [3.8, 4) is 0 Å². The van der Waals surface area contributed by atoms with Crippen LogP contribution in [0.15, 0.2) is 103 Å². The van der Waals surface area contributed by atoms with E-state index in [0.29, 0.717) is 18.5 Å². The lowest BCUT2D eigenvalue weighted by Gasteiger charge is -2.27. The molecule has 0 aliphatic heterocycles. The lowest BCUT2D eigenvalue weighted by molar-refractivity contribution is -0.114. The van der Waals surface area contributed by atoms with Gasteiger partial charge in [-0.05, 0) is 47.4 Å². The maximum atomic E-state index is 13.7. The summed E-state index contributed by atoms with van der Waals surface area (Å²) >= 11 is 0. The number of allylic oxidation sites excluding steroid dienone is 3. The summed E-state index contributed by atoms with van der Waals surface area (Å²) in [6.45, 7) is 4.57. The third-order valence-electron chi connectivity index (χ3n) is 5.43. The lowest BCUT2D eigenvalue weighted by Crippen LogP contribution is -2.30. The average molecular weight is 438 g/mol. The molecule has 3 rings (SSSR count). The lowest BCUT2D eigenvalue weighted by atomic mass is 9.99. The van der Waals surface area contributed by atoms with Crippen LogP contribution in [0, 0.1) is 0 Å². The third-order valence-corrected chi connectivity index (χ3v) is 5.43. The molecule has 0 N–H and O–H groups in total. The molecule has 0 heterocycles. The molecule has 0 bridgehead atoms. The second-order valence-electron chi connectivity index (χ2n) is 7.86. The zero-order valence-electron chi connectivity index (χ0n) is 19.4. The summed E-state index contributed by atoms with van der Waals surface area (Å²) in [7, 11) is 0. The maximum absolute atomic E-state index is 13.7. The first-order valence-corrected chi connectivity index (χ1v) is 11.6. The predicted molar refractivity (Wildman–Crippen MR) is 137 cm³/mol. The van der Waals surface area contributed by atoms with Crippen molar-refractivity contribution in [1.29, 1.82) is 0 Å². The van der Waals surface area contributed by atoms with E-state index in [2.05, 4.69) is 6.92 Å². The van der Waals surface area contributed by atoms with Gasteiger partial charge < -0.3 is 4.90 Å². The van der Waals surface area contributed by atoms with Gasteiger partial charge in [0.15, 0.2) is 5.78 Å². The molecule has 0 saturated carbocycles. The zero-order valence-corrected chi connectivity index (χ0v) is 19.4. The van der Waals surface area contributed by atoms with E-state index in [1.54, 1.807) is 6.08 Å². The van der Waals surface area contributed by atoms with Crippen LogP contribution in [0.1, 0.15) is 54.6 Å². The fourth-order valence-corrected chi connectivity index (χ4v) is 3.57. The molecular formula is C30H31NO2. The van der Waals surface area contributed by atoms with Gasteiger partial charge in [-0.1, -0.05) is 99.1 Å². The van der Waals surface area contributed by atoms with Crippen LogP contribution in [0.3, 0.4) is 0 Å². The van der Waals surface area contributed by atoms with E-state index in [4.69, 9.17) is 0 Å². The van der Waals surface area contributed by atoms with Crippen molar-refractivity contribution in [1.82, 2.24) is 4.90 Å². The first-order valence-electron chi connectivity index (χ1n) is 11.6. The highest BCUT2D eigenvalue weighted by atomic mass is 16.2. The molecule has 0 saturated heterocycles. The molecule has 0 aliphatic rings. The summed E-state index contributed by atoms with van der Waals surface area (Å²) in [5.74, 6) is 0.000363. The van der Waals surface area contributed by atoms with E-state index in [1.807, 2.05) is 109 Å². The highest BCUT2D eigenvalue weighted by molar-refractivity contribution is 6.03. The van der Waals surface area contributed by atoms with E-state index in [1.165, 1.54) is 0 Å². The summed E-state index contributed by atoms with van der Waals surface area (Å²) in [6, 6.07) is 29.1. The van der Waals surface area contributed by atoms with Gasteiger partial charge in [-0.15, -0.1) is 0 Å². The largest absolute Gasteiger partial charge is 0.308 e. The maximum Gasteiger partial charge on any atom is 0.258 e. The minimum Gasteiger partial charge on any atom is -0.308 e. The Labute approximate surface area is 197 Å². The molecule has 0 unspecified atom stereocenters. The van der Waals surface area contributed by atoms with Gasteiger partial charge in [-0.3, -0.25) is 9.59 Å². The van der Waals surface area contributed by atoms with Crippen LogP contribution in [-0.4, -0.2) is 23.1 Å². The van der Waals surface area contributed by atoms with Crippen LogP contribution < -0.4 is 0 Å². The second-order valence-corrected chi connectivity index (χ2v) is 7.86. The van der Waals surface area contributed by atoms with Crippen LogP contribution in [0.2, 0.25) is 0 Å². The molecular weight excluding hydrogens is 406 g/mol. The number of nitrogens with zero attached hydrogens (tertiary/aromatic N) is 1. The van der Waals surface area contributed by atoms with Gasteiger partial charge in [0, 0.05) is 18.5 Å². The van der Waals surface area contributed by atoms with Crippen LogP contribution >= 0.6 is 0 Å². The van der Waals surface area contributed by atoms with Crippen molar-refractivity contribution in [3.05, 3.63) is 120 Å². The first kappa shape index (κ1) is 23.9. The molecule has 0 fully saturated rings. The van der Waals surface area contributed by atoms with Crippen molar-refractivity contribution >= 4 is 23.0 Å². The number of ketones is 1. The minimum atomic E-state index is -0.0478. The van der Waals surface area contributed by atoms with Gasteiger partial charge in [-0.25, -0.2) is 0 Å². The minimum absolute atomic E-state index is 0.0478. The van der Waals surface area contributed by atoms with E-state index in [9.17, 15) is 9.59 Å². The molecule has 33 heavy (non-hydrogen) atoms. The van der Waals surface area contributed by atoms with Gasteiger partial charge in [0.25, 0.3) is 5.91 Å². The summed E-state index contributed by atoms with van der Waals surface area (Å²) in [6.07, 6.45) is 5.93. The fraction of sp³-hybridized carbons (Fsp3) is 0.200. The summed E-state index contributed by atoms with van der Waals surface area (Å²) in [5, 5.41) is 0. The smallest absolute Gasteiger partial charge is 0.258 e. The number of benzene rings is 3. The highest BCUT2D eigenvalue weighted by Crippen LogP contribution is 2.28. The molecule has 0 aliphatic carbocycles. The Hall–Kier alpha value is -3.72. The monoisotopic (exact) mass is 437 g/mol. The SMILES string of the molecule is CCCCN(C(=O)c1ccccc1)C(=CC(=CC(=O)CC)c1ccccc1)c1ccccc1. The summed E-state index contributed by atoms with van der Waals surface area (Å²) in [4.78, 5) is 27.9. The van der Waals surface area contributed by atoms with Crippen molar-refractivity contribution in [3.63, 3.8) is 0 Å². The molecule has 3 nitrogen and oxygen atoms in total. The molecule has 1 amide bonds. The number of amides is 1. The van der Waals surface area contributed by atoms with Gasteiger partial charge >= 0.3 is 0 Å². The number of unbranched alkanes of at least 4 members (excludes halogenated alkanes) is 1. The number of hydrogen-bond acceptors (Lipinski definition) is 2. The molecule has 0 aromatic heterocycles. The quantitative estimate of drug-likeness (QED) is 0.252. The Morgan fingerprint density at radius 3 is 1.73 bits per heavy atom. The van der Waals surface area contributed by atoms with Gasteiger partial charge in [-0.2, -0.15) is 0 Å². The summed E-state index contributed by atoms with van der Waals surface area (Å²) < 4.78 is 0. The Morgan fingerprint density at radius 2 is 1.21 bits per heavy atom.